The van der Waals surface area contributed by atoms with Crippen molar-refractivity contribution in [2.45, 2.75) is 18.9 Å². The molecule has 0 bridgehead atoms. The zero-order valence-corrected chi connectivity index (χ0v) is 7.17. The molecule has 4 nitrogen and oxygen atoms in total. The Balaban J connectivity index is 2.21. The molecular weight excluding hydrogens is 176 g/mol. The fourth-order valence-electron chi connectivity index (χ4n) is 0.903. The third-order valence-corrected chi connectivity index (χ3v) is 1.96. The number of hydrogen-bond acceptors (Lipinski definition) is 4. The van der Waals surface area contributed by atoms with E-state index >= 15 is 0 Å². The Morgan fingerprint density at radius 3 is 3.00 bits per heavy atom. The summed E-state index contributed by atoms with van der Waals surface area (Å²) in [5, 5.41) is 3.69. The first-order valence-corrected chi connectivity index (χ1v) is 4.18. The maximum atomic E-state index is 5.83. The van der Waals surface area contributed by atoms with Crippen LogP contribution in [0.25, 0.3) is 0 Å². The molecule has 0 aromatic carbocycles. The van der Waals surface area contributed by atoms with Gasteiger partial charge in [-0.05, 0) is 12.8 Å². The lowest BCUT2D eigenvalue weighted by Crippen LogP contribution is -2.06. The van der Waals surface area contributed by atoms with Crippen molar-refractivity contribution >= 4 is 23.4 Å². The zero-order valence-electron chi connectivity index (χ0n) is 6.42. The van der Waals surface area contributed by atoms with E-state index in [-0.39, 0.29) is 5.95 Å². The summed E-state index contributed by atoms with van der Waals surface area (Å²) in [4.78, 5) is 7.74. The molecule has 1 heterocycles. The molecule has 64 valence electrons. The van der Waals surface area contributed by atoms with Crippen molar-refractivity contribution in [3.8, 4) is 0 Å². The third-order valence-electron chi connectivity index (χ3n) is 1.68. The van der Waals surface area contributed by atoms with E-state index in [2.05, 4.69) is 15.3 Å². The summed E-state index contributed by atoms with van der Waals surface area (Å²) in [7, 11) is 0. The molecule has 0 amide bonds. The summed E-state index contributed by atoms with van der Waals surface area (Å²) in [6.45, 7) is 0. The highest BCUT2D eigenvalue weighted by atomic mass is 35.5. The number of nitrogens with one attached hydrogen (secondary N) is 1. The van der Waals surface area contributed by atoms with Crippen LogP contribution >= 0.6 is 11.6 Å². The molecule has 3 N–H and O–H groups in total. The first kappa shape index (κ1) is 7.61. The molecule has 1 aromatic heterocycles. The highest BCUT2D eigenvalue weighted by Gasteiger charge is 2.22. The fraction of sp³-hybridized carbons (Fsp3) is 0.429. The van der Waals surface area contributed by atoms with E-state index in [0.29, 0.717) is 16.9 Å². The van der Waals surface area contributed by atoms with Gasteiger partial charge in [0.2, 0.25) is 5.95 Å². The second-order valence-electron chi connectivity index (χ2n) is 2.84. The first-order chi connectivity index (χ1) is 5.75. The smallest absolute Gasteiger partial charge is 0.222 e. The van der Waals surface area contributed by atoms with Gasteiger partial charge in [0.25, 0.3) is 0 Å². The predicted octanol–water partition coefficient (Wildman–Crippen LogP) is 1.29. The van der Waals surface area contributed by atoms with Crippen molar-refractivity contribution in [1.29, 1.82) is 0 Å². The van der Waals surface area contributed by atoms with Crippen LogP contribution in [0.2, 0.25) is 5.02 Å². The van der Waals surface area contributed by atoms with Gasteiger partial charge in [-0.2, -0.15) is 4.98 Å². The minimum absolute atomic E-state index is 0.252. The molecule has 0 unspecified atom stereocenters. The number of hydrogen-bond donors (Lipinski definition) is 2. The van der Waals surface area contributed by atoms with E-state index in [0.717, 1.165) is 0 Å². The molecular formula is C7H9ClN4. The van der Waals surface area contributed by atoms with Crippen molar-refractivity contribution in [3.63, 3.8) is 0 Å². The molecule has 0 radical (unpaired) electrons. The van der Waals surface area contributed by atoms with Gasteiger partial charge in [-0.25, -0.2) is 4.98 Å². The first-order valence-electron chi connectivity index (χ1n) is 3.80. The van der Waals surface area contributed by atoms with E-state index in [9.17, 15) is 0 Å². The van der Waals surface area contributed by atoms with Gasteiger partial charge in [-0.3, -0.25) is 0 Å². The lowest BCUT2D eigenvalue weighted by molar-refractivity contribution is 1.09. The van der Waals surface area contributed by atoms with Crippen LogP contribution in [0.1, 0.15) is 12.8 Å². The molecule has 0 aliphatic heterocycles. The normalized spacial score (nSPS) is 16.1. The SMILES string of the molecule is Nc1ncc(Cl)c(NC2CC2)n1. The maximum Gasteiger partial charge on any atom is 0.222 e. The highest BCUT2D eigenvalue weighted by Crippen LogP contribution is 2.27. The molecule has 2 rings (SSSR count). The summed E-state index contributed by atoms with van der Waals surface area (Å²) >= 11 is 5.83. The van der Waals surface area contributed by atoms with Crippen molar-refractivity contribution in [2.75, 3.05) is 11.1 Å². The molecule has 1 aromatic rings. The van der Waals surface area contributed by atoms with E-state index < -0.39 is 0 Å². The van der Waals surface area contributed by atoms with Gasteiger partial charge in [0, 0.05) is 6.04 Å². The molecule has 1 saturated carbocycles. The molecule has 1 aliphatic rings. The molecule has 0 saturated heterocycles. The molecule has 5 heteroatoms. The van der Waals surface area contributed by atoms with Gasteiger partial charge in [-0.15, -0.1) is 0 Å². The third kappa shape index (κ3) is 1.58. The summed E-state index contributed by atoms with van der Waals surface area (Å²) in [6, 6.07) is 0.525. The molecule has 1 fully saturated rings. The molecule has 0 spiro atoms. The topological polar surface area (TPSA) is 63.8 Å². The van der Waals surface area contributed by atoms with Crippen LogP contribution in [0.5, 0.6) is 0 Å². The minimum Gasteiger partial charge on any atom is -0.368 e. The van der Waals surface area contributed by atoms with Gasteiger partial charge >= 0.3 is 0 Å². The Morgan fingerprint density at radius 2 is 2.33 bits per heavy atom. The van der Waals surface area contributed by atoms with Crippen LogP contribution in [0.15, 0.2) is 6.20 Å². The molecule has 0 atom stereocenters. The number of nitrogens with two attached hydrogens (primary N) is 1. The second kappa shape index (κ2) is 2.79. The van der Waals surface area contributed by atoms with Crippen LogP contribution in [-0.4, -0.2) is 16.0 Å². The second-order valence-corrected chi connectivity index (χ2v) is 3.25. The Kier molecular flexibility index (Phi) is 1.77. The number of halogens is 1. The number of rotatable bonds is 2. The summed E-state index contributed by atoms with van der Waals surface area (Å²) in [5.41, 5.74) is 5.40. The van der Waals surface area contributed by atoms with Crippen LogP contribution < -0.4 is 11.1 Å². The molecule has 1 aliphatic carbocycles. The minimum atomic E-state index is 0.252. The zero-order chi connectivity index (χ0) is 8.55. The van der Waals surface area contributed by atoms with E-state index in [1.165, 1.54) is 19.0 Å². The van der Waals surface area contributed by atoms with Gasteiger partial charge < -0.3 is 11.1 Å². The number of aromatic nitrogens is 2. The maximum absolute atomic E-state index is 5.83. The highest BCUT2D eigenvalue weighted by molar-refractivity contribution is 6.32. The lowest BCUT2D eigenvalue weighted by atomic mass is 10.5. The van der Waals surface area contributed by atoms with E-state index in [1.807, 2.05) is 0 Å². The van der Waals surface area contributed by atoms with Crippen molar-refractivity contribution in [1.82, 2.24) is 9.97 Å². The number of nitrogen functional groups attached to an aromatic ring is 1. The summed E-state index contributed by atoms with van der Waals surface area (Å²) in [6.07, 6.45) is 3.87. The number of anilines is 2. The fourth-order valence-corrected chi connectivity index (χ4v) is 1.05. The number of nitrogens with zero attached hydrogens (tertiary/aromatic N) is 2. The monoisotopic (exact) mass is 184 g/mol. The van der Waals surface area contributed by atoms with Crippen LogP contribution in [-0.2, 0) is 0 Å². The van der Waals surface area contributed by atoms with Crippen LogP contribution in [0, 0.1) is 0 Å². The van der Waals surface area contributed by atoms with Crippen molar-refractivity contribution < 1.29 is 0 Å². The average Bonchev–Trinajstić information content (AvgIpc) is 2.81. The van der Waals surface area contributed by atoms with Gasteiger partial charge in [-0.1, -0.05) is 11.6 Å². The van der Waals surface area contributed by atoms with E-state index in [1.54, 1.807) is 0 Å². The Bertz CT molecular complexity index is 297. The Hall–Kier alpha value is -1.03. The standard InChI is InChI=1S/C7H9ClN4/c8-5-3-10-7(9)12-6(5)11-4-1-2-4/h3-4H,1-2H2,(H3,9,10,11,12). The molecule has 12 heavy (non-hydrogen) atoms. The van der Waals surface area contributed by atoms with Crippen molar-refractivity contribution in [2.24, 2.45) is 0 Å². The van der Waals surface area contributed by atoms with Gasteiger partial charge in [0.15, 0.2) is 5.82 Å². The van der Waals surface area contributed by atoms with E-state index in [4.69, 9.17) is 17.3 Å². The Morgan fingerprint density at radius 1 is 1.58 bits per heavy atom. The van der Waals surface area contributed by atoms with Crippen molar-refractivity contribution in [3.05, 3.63) is 11.2 Å². The predicted molar refractivity (Wildman–Crippen MR) is 48.1 cm³/mol. The summed E-state index contributed by atoms with van der Waals surface area (Å²) in [5.74, 6) is 0.897. The Labute approximate surface area is 75.2 Å². The quantitative estimate of drug-likeness (QED) is 0.727. The summed E-state index contributed by atoms with van der Waals surface area (Å²) < 4.78 is 0. The van der Waals surface area contributed by atoms with Crippen LogP contribution in [0.4, 0.5) is 11.8 Å². The van der Waals surface area contributed by atoms with Gasteiger partial charge in [0.05, 0.1) is 6.20 Å². The lowest BCUT2D eigenvalue weighted by Gasteiger charge is -2.04. The largest absolute Gasteiger partial charge is 0.368 e. The van der Waals surface area contributed by atoms with Crippen LogP contribution in [0.3, 0.4) is 0 Å². The van der Waals surface area contributed by atoms with Gasteiger partial charge in [0.1, 0.15) is 5.02 Å². The average molecular weight is 185 g/mol.